The maximum atomic E-state index is 13.1. The number of nitrogens with one attached hydrogen (secondary N) is 1. The van der Waals surface area contributed by atoms with Crippen LogP contribution in [0.15, 0.2) is 41.4 Å². The number of hydrogen-bond acceptors (Lipinski definition) is 2. The molecule has 106 valence electrons. The highest BCUT2D eigenvalue weighted by atomic mass is 35.5. The summed E-state index contributed by atoms with van der Waals surface area (Å²) in [6.07, 6.45) is 1.37. The summed E-state index contributed by atoms with van der Waals surface area (Å²) in [5, 5.41) is 11.1. The molecule has 2 N–H and O–H groups in total. The number of halogens is 3. The van der Waals surface area contributed by atoms with Crippen molar-refractivity contribution in [1.82, 2.24) is 4.98 Å². The number of nitrogens with zero attached hydrogens (tertiary/aromatic N) is 1. The number of benzene rings is 2. The second kappa shape index (κ2) is 5.18. The van der Waals surface area contributed by atoms with E-state index in [1.807, 2.05) is 0 Å². The number of aromatic amines is 1. The highest BCUT2D eigenvalue weighted by Gasteiger charge is 2.09. The zero-order valence-corrected chi connectivity index (χ0v) is 11.3. The Kier molecular flexibility index (Phi) is 3.35. The molecule has 3 rings (SSSR count). The molecule has 0 aliphatic heterocycles. The molecule has 1 heterocycles. The van der Waals surface area contributed by atoms with E-state index in [9.17, 15) is 13.9 Å². The van der Waals surface area contributed by atoms with Gasteiger partial charge in [-0.1, -0.05) is 11.6 Å². The van der Waals surface area contributed by atoms with Gasteiger partial charge in [0, 0.05) is 28.2 Å². The van der Waals surface area contributed by atoms with Crippen LogP contribution in [0, 0.1) is 11.6 Å². The molecule has 0 saturated carbocycles. The Hall–Kier alpha value is -2.40. The number of rotatable bonds is 2. The van der Waals surface area contributed by atoms with E-state index in [0.29, 0.717) is 21.5 Å². The molecule has 6 heteroatoms. The zero-order chi connectivity index (χ0) is 15.0. The first-order valence-corrected chi connectivity index (χ1v) is 6.42. The molecule has 0 bridgehead atoms. The fourth-order valence-corrected chi connectivity index (χ4v) is 2.18. The zero-order valence-electron chi connectivity index (χ0n) is 10.6. The summed E-state index contributed by atoms with van der Waals surface area (Å²) in [4.78, 5) is 6.82. The molecule has 3 aromatic rings. The lowest BCUT2D eigenvalue weighted by Gasteiger charge is -1.96. The van der Waals surface area contributed by atoms with Gasteiger partial charge in [0.2, 0.25) is 0 Å². The lowest BCUT2D eigenvalue weighted by molar-refractivity contribution is 0.457. The van der Waals surface area contributed by atoms with Crippen LogP contribution >= 0.6 is 11.6 Å². The lowest BCUT2D eigenvalue weighted by atomic mass is 10.2. The molecule has 21 heavy (non-hydrogen) atoms. The van der Waals surface area contributed by atoms with Gasteiger partial charge in [-0.05, 0) is 30.3 Å². The predicted octanol–water partition coefficient (Wildman–Crippen LogP) is 4.56. The van der Waals surface area contributed by atoms with Crippen molar-refractivity contribution in [3.05, 3.63) is 58.6 Å². The quantitative estimate of drug-likeness (QED) is 0.670. The van der Waals surface area contributed by atoms with Gasteiger partial charge in [-0.2, -0.15) is 0 Å². The molecule has 0 radical (unpaired) electrons. The first-order valence-electron chi connectivity index (χ1n) is 6.04. The number of aromatic nitrogens is 1. The van der Waals surface area contributed by atoms with Crippen molar-refractivity contribution in [3.8, 4) is 5.88 Å². The number of aromatic hydroxyl groups is 1. The van der Waals surface area contributed by atoms with Crippen LogP contribution < -0.4 is 0 Å². The fraction of sp³-hybridized carbons (Fsp3) is 0. The molecule has 3 nitrogen and oxygen atoms in total. The molecule has 0 unspecified atom stereocenters. The molecule has 0 spiro atoms. The summed E-state index contributed by atoms with van der Waals surface area (Å²) in [7, 11) is 0. The largest absolute Gasteiger partial charge is 0.494 e. The molecule has 2 aromatic carbocycles. The average molecular weight is 307 g/mol. The van der Waals surface area contributed by atoms with Gasteiger partial charge in [0.25, 0.3) is 0 Å². The van der Waals surface area contributed by atoms with Crippen molar-refractivity contribution in [3.63, 3.8) is 0 Å². The SMILES string of the molecule is Oc1[nH]c2ccc(Cl)cc2c1C=Nc1ccc(F)c(F)c1. The average Bonchev–Trinajstić information content (AvgIpc) is 2.75. The van der Waals surface area contributed by atoms with Gasteiger partial charge in [0.15, 0.2) is 17.5 Å². The smallest absolute Gasteiger partial charge is 0.198 e. The van der Waals surface area contributed by atoms with Crippen LogP contribution in [0.25, 0.3) is 10.9 Å². The molecule has 0 saturated heterocycles. The Labute approximate surface area is 123 Å². The predicted molar refractivity (Wildman–Crippen MR) is 78.6 cm³/mol. The molecule has 0 fully saturated rings. The molecule has 0 aliphatic carbocycles. The highest BCUT2D eigenvalue weighted by Crippen LogP contribution is 2.28. The normalized spacial score (nSPS) is 11.6. The summed E-state index contributed by atoms with van der Waals surface area (Å²) in [5.74, 6) is -1.98. The maximum Gasteiger partial charge on any atom is 0.198 e. The minimum absolute atomic E-state index is 0.0707. The summed E-state index contributed by atoms with van der Waals surface area (Å²) in [5.41, 5.74) is 1.37. The van der Waals surface area contributed by atoms with Crippen LogP contribution in [-0.4, -0.2) is 16.3 Å². The van der Waals surface area contributed by atoms with E-state index in [2.05, 4.69) is 9.98 Å². The number of fused-ring (bicyclic) bond motifs is 1. The van der Waals surface area contributed by atoms with Crippen molar-refractivity contribution in [2.75, 3.05) is 0 Å². The molecule has 1 aromatic heterocycles. The Bertz CT molecular complexity index is 858. The summed E-state index contributed by atoms with van der Waals surface area (Å²) in [6.45, 7) is 0. The van der Waals surface area contributed by atoms with E-state index in [1.54, 1.807) is 18.2 Å². The van der Waals surface area contributed by atoms with Crippen LogP contribution in [-0.2, 0) is 0 Å². The van der Waals surface area contributed by atoms with Crippen molar-refractivity contribution in [2.45, 2.75) is 0 Å². The van der Waals surface area contributed by atoms with E-state index >= 15 is 0 Å². The van der Waals surface area contributed by atoms with Gasteiger partial charge in [-0.15, -0.1) is 0 Å². The minimum Gasteiger partial charge on any atom is -0.494 e. The van der Waals surface area contributed by atoms with Gasteiger partial charge in [0.1, 0.15) is 0 Å². The number of H-pyrrole nitrogens is 1. The molecular weight excluding hydrogens is 298 g/mol. The first-order chi connectivity index (χ1) is 10.0. The minimum atomic E-state index is -0.976. The third-order valence-electron chi connectivity index (χ3n) is 3.03. The molecular formula is C15H9ClF2N2O. The molecule has 0 aliphatic rings. The van der Waals surface area contributed by atoms with Crippen molar-refractivity contribution < 1.29 is 13.9 Å². The molecule has 0 atom stereocenters. The second-order valence-electron chi connectivity index (χ2n) is 4.43. The highest BCUT2D eigenvalue weighted by molar-refractivity contribution is 6.31. The van der Waals surface area contributed by atoms with E-state index < -0.39 is 11.6 Å². The van der Waals surface area contributed by atoms with E-state index in [-0.39, 0.29) is 11.6 Å². The first kappa shape index (κ1) is 13.6. The van der Waals surface area contributed by atoms with Gasteiger partial charge in [-0.3, -0.25) is 4.99 Å². The summed E-state index contributed by atoms with van der Waals surface area (Å²) >= 11 is 5.92. The Morgan fingerprint density at radius 1 is 1.10 bits per heavy atom. The fourth-order valence-electron chi connectivity index (χ4n) is 2.01. The van der Waals surface area contributed by atoms with Crippen LogP contribution in [0.3, 0.4) is 0 Å². The topological polar surface area (TPSA) is 48.4 Å². The van der Waals surface area contributed by atoms with Gasteiger partial charge < -0.3 is 10.1 Å². The van der Waals surface area contributed by atoms with Crippen LogP contribution in [0.2, 0.25) is 5.02 Å². The third kappa shape index (κ3) is 2.60. The second-order valence-corrected chi connectivity index (χ2v) is 4.87. The Balaban J connectivity index is 2.04. The summed E-state index contributed by atoms with van der Waals surface area (Å²) in [6, 6.07) is 8.41. The Morgan fingerprint density at radius 3 is 2.67 bits per heavy atom. The number of hydrogen-bond donors (Lipinski definition) is 2. The van der Waals surface area contributed by atoms with E-state index in [4.69, 9.17) is 11.6 Å². The Morgan fingerprint density at radius 2 is 1.90 bits per heavy atom. The van der Waals surface area contributed by atoms with Gasteiger partial charge in [0.05, 0.1) is 11.3 Å². The third-order valence-corrected chi connectivity index (χ3v) is 3.26. The van der Waals surface area contributed by atoms with Crippen LogP contribution in [0.5, 0.6) is 5.88 Å². The van der Waals surface area contributed by atoms with Crippen LogP contribution in [0.4, 0.5) is 14.5 Å². The molecule has 0 amide bonds. The number of aliphatic imine (C=N–C) groups is 1. The van der Waals surface area contributed by atoms with Gasteiger partial charge >= 0.3 is 0 Å². The van der Waals surface area contributed by atoms with Crippen molar-refractivity contribution in [1.29, 1.82) is 0 Å². The standard InChI is InChI=1S/C15H9ClF2N2O/c16-8-1-4-14-10(5-8)11(15(21)20-14)7-19-9-2-3-12(17)13(18)6-9/h1-7,20-21H. The summed E-state index contributed by atoms with van der Waals surface area (Å²) < 4.78 is 26.0. The van der Waals surface area contributed by atoms with Gasteiger partial charge in [-0.25, -0.2) is 8.78 Å². The van der Waals surface area contributed by atoms with Crippen LogP contribution in [0.1, 0.15) is 5.56 Å². The monoisotopic (exact) mass is 306 g/mol. The maximum absolute atomic E-state index is 13.1. The lowest BCUT2D eigenvalue weighted by Crippen LogP contribution is -1.83. The van der Waals surface area contributed by atoms with Crippen molar-refractivity contribution in [2.24, 2.45) is 4.99 Å². The van der Waals surface area contributed by atoms with Crippen molar-refractivity contribution >= 4 is 34.4 Å². The van der Waals surface area contributed by atoms with E-state index in [1.165, 1.54) is 12.3 Å². The van der Waals surface area contributed by atoms with E-state index in [0.717, 1.165) is 12.1 Å².